The number of rotatable bonds is 3. The molecule has 3 rings (SSSR count). The predicted octanol–water partition coefficient (Wildman–Crippen LogP) is 1.60. The molecule has 1 aromatic carbocycles. The number of carbonyl (C=O) groups is 1. The molecule has 0 aromatic heterocycles. The van der Waals surface area contributed by atoms with Gasteiger partial charge in [0.2, 0.25) is 5.91 Å². The summed E-state index contributed by atoms with van der Waals surface area (Å²) in [5, 5.41) is 0. The number of nitrogens with zero attached hydrogens (tertiary/aromatic N) is 2. The highest BCUT2D eigenvalue weighted by Crippen LogP contribution is 2.39. The Bertz CT molecular complexity index is 517. The van der Waals surface area contributed by atoms with E-state index >= 15 is 0 Å². The van der Waals surface area contributed by atoms with Crippen molar-refractivity contribution in [1.29, 1.82) is 0 Å². The maximum Gasteiger partial charge on any atom is 0.242 e. The van der Waals surface area contributed by atoms with Gasteiger partial charge in [-0.25, -0.2) is 4.39 Å². The first-order valence-electron chi connectivity index (χ1n) is 7.57. The van der Waals surface area contributed by atoms with E-state index in [1.54, 1.807) is 12.1 Å². The lowest BCUT2D eigenvalue weighted by Crippen LogP contribution is -2.59. The monoisotopic (exact) mass is 291 g/mol. The van der Waals surface area contributed by atoms with E-state index in [0.717, 1.165) is 31.6 Å². The Kier molecular flexibility index (Phi) is 3.61. The number of piperazine rings is 1. The molecule has 114 valence electrons. The summed E-state index contributed by atoms with van der Waals surface area (Å²) in [4.78, 5) is 16.6. The quantitative estimate of drug-likeness (QED) is 0.920. The standard InChI is InChI=1S/C16H22FN3O/c1-16(18,12-2-3-12)15(21)20-10-8-19(9-11-20)14-6-4-13(17)5-7-14/h4-7,12H,2-3,8-11,18H2,1H3. The second-order valence-electron chi connectivity index (χ2n) is 6.31. The molecule has 1 aliphatic carbocycles. The topological polar surface area (TPSA) is 49.6 Å². The molecule has 0 radical (unpaired) electrons. The average molecular weight is 291 g/mol. The van der Waals surface area contributed by atoms with E-state index in [1.807, 2.05) is 11.8 Å². The lowest BCUT2D eigenvalue weighted by Gasteiger charge is -2.39. The average Bonchev–Trinajstić information content (AvgIpc) is 3.32. The number of benzene rings is 1. The van der Waals surface area contributed by atoms with E-state index in [2.05, 4.69) is 4.90 Å². The Morgan fingerprint density at radius 2 is 1.76 bits per heavy atom. The van der Waals surface area contributed by atoms with Crippen LogP contribution in [0.3, 0.4) is 0 Å². The fourth-order valence-corrected chi connectivity index (χ4v) is 3.02. The van der Waals surface area contributed by atoms with Crippen LogP contribution < -0.4 is 10.6 Å². The van der Waals surface area contributed by atoms with E-state index in [0.29, 0.717) is 19.0 Å². The van der Waals surface area contributed by atoms with Crippen LogP contribution in [0.1, 0.15) is 19.8 Å². The molecule has 1 saturated carbocycles. The fourth-order valence-electron chi connectivity index (χ4n) is 3.02. The maximum atomic E-state index is 12.9. The van der Waals surface area contributed by atoms with Crippen molar-refractivity contribution >= 4 is 11.6 Å². The van der Waals surface area contributed by atoms with Gasteiger partial charge in [-0.15, -0.1) is 0 Å². The smallest absolute Gasteiger partial charge is 0.242 e. The van der Waals surface area contributed by atoms with Gasteiger partial charge in [0.05, 0.1) is 5.54 Å². The number of amides is 1. The van der Waals surface area contributed by atoms with E-state index in [4.69, 9.17) is 5.73 Å². The summed E-state index contributed by atoms with van der Waals surface area (Å²) in [6.07, 6.45) is 2.13. The van der Waals surface area contributed by atoms with Gasteiger partial charge in [0, 0.05) is 31.9 Å². The number of hydrogen-bond acceptors (Lipinski definition) is 3. The van der Waals surface area contributed by atoms with Crippen LogP contribution in [-0.4, -0.2) is 42.5 Å². The highest BCUT2D eigenvalue weighted by molar-refractivity contribution is 5.86. The predicted molar refractivity (Wildman–Crippen MR) is 80.5 cm³/mol. The number of anilines is 1. The molecule has 0 spiro atoms. The molecule has 2 aliphatic rings. The third kappa shape index (κ3) is 2.88. The van der Waals surface area contributed by atoms with Crippen molar-refractivity contribution in [3.05, 3.63) is 30.1 Å². The Hall–Kier alpha value is -1.62. The van der Waals surface area contributed by atoms with Crippen LogP contribution in [0.25, 0.3) is 0 Å². The molecule has 1 saturated heterocycles. The van der Waals surface area contributed by atoms with Crippen molar-refractivity contribution in [2.75, 3.05) is 31.1 Å². The molecule has 2 N–H and O–H groups in total. The molecule has 21 heavy (non-hydrogen) atoms. The zero-order valence-electron chi connectivity index (χ0n) is 12.4. The first-order chi connectivity index (χ1) is 9.98. The van der Waals surface area contributed by atoms with Gasteiger partial charge in [-0.3, -0.25) is 4.79 Å². The first kappa shape index (κ1) is 14.3. The molecule has 0 bridgehead atoms. The lowest BCUT2D eigenvalue weighted by molar-refractivity contribution is -0.137. The number of hydrogen-bond donors (Lipinski definition) is 1. The van der Waals surface area contributed by atoms with E-state index in [1.165, 1.54) is 12.1 Å². The first-order valence-corrected chi connectivity index (χ1v) is 7.57. The largest absolute Gasteiger partial charge is 0.368 e. The molecule has 4 nitrogen and oxygen atoms in total. The van der Waals surface area contributed by atoms with Crippen LogP contribution in [0.15, 0.2) is 24.3 Å². The number of carbonyl (C=O) groups excluding carboxylic acids is 1. The minimum absolute atomic E-state index is 0.0729. The van der Waals surface area contributed by atoms with Gasteiger partial charge < -0.3 is 15.5 Å². The van der Waals surface area contributed by atoms with Crippen molar-refractivity contribution in [2.45, 2.75) is 25.3 Å². The van der Waals surface area contributed by atoms with Crippen LogP contribution >= 0.6 is 0 Å². The summed E-state index contributed by atoms with van der Waals surface area (Å²) < 4.78 is 12.9. The van der Waals surface area contributed by atoms with Gasteiger partial charge in [-0.2, -0.15) is 0 Å². The molecule has 1 atom stereocenters. The van der Waals surface area contributed by atoms with Gasteiger partial charge in [0.25, 0.3) is 0 Å². The Morgan fingerprint density at radius 1 is 1.19 bits per heavy atom. The zero-order valence-corrected chi connectivity index (χ0v) is 12.4. The third-order valence-corrected chi connectivity index (χ3v) is 4.64. The lowest BCUT2D eigenvalue weighted by atomic mass is 9.95. The Balaban J connectivity index is 1.60. The summed E-state index contributed by atoms with van der Waals surface area (Å²) >= 11 is 0. The second-order valence-corrected chi connectivity index (χ2v) is 6.31. The van der Waals surface area contributed by atoms with Gasteiger partial charge in [-0.1, -0.05) is 0 Å². The fraction of sp³-hybridized carbons (Fsp3) is 0.562. The van der Waals surface area contributed by atoms with Crippen molar-refractivity contribution in [2.24, 2.45) is 11.7 Å². The SMILES string of the molecule is CC(N)(C(=O)N1CCN(c2ccc(F)cc2)CC1)C1CC1. The third-order valence-electron chi connectivity index (χ3n) is 4.64. The van der Waals surface area contributed by atoms with Crippen molar-refractivity contribution < 1.29 is 9.18 Å². The van der Waals surface area contributed by atoms with Crippen LogP contribution in [0.5, 0.6) is 0 Å². The van der Waals surface area contributed by atoms with Gasteiger partial charge in [0.1, 0.15) is 5.82 Å². The molecule has 5 heteroatoms. The van der Waals surface area contributed by atoms with Crippen molar-refractivity contribution in [3.63, 3.8) is 0 Å². The summed E-state index contributed by atoms with van der Waals surface area (Å²) in [5.41, 5.74) is 6.50. The van der Waals surface area contributed by atoms with Crippen molar-refractivity contribution in [3.8, 4) is 0 Å². The second kappa shape index (κ2) is 5.30. The molecular weight excluding hydrogens is 269 g/mol. The minimum Gasteiger partial charge on any atom is -0.368 e. The van der Waals surface area contributed by atoms with Crippen LogP contribution in [0.2, 0.25) is 0 Å². The van der Waals surface area contributed by atoms with Gasteiger partial charge >= 0.3 is 0 Å². The summed E-state index contributed by atoms with van der Waals surface area (Å²) in [6, 6.07) is 6.50. The molecule has 1 aromatic rings. The highest BCUT2D eigenvalue weighted by Gasteiger charge is 2.46. The normalized spacial score (nSPS) is 22.0. The number of halogens is 1. The van der Waals surface area contributed by atoms with Gasteiger partial charge in [-0.05, 0) is 49.9 Å². The molecule has 1 heterocycles. The molecule has 1 aliphatic heterocycles. The maximum absolute atomic E-state index is 12.9. The molecular formula is C16H22FN3O. The summed E-state index contributed by atoms with van der Waals surface area (Å²) in [6.45, 7) is 4.74. The summed E-state index contributed by atoms with van der Waals surface area (Å²) in [5.74, 6) is 0.194. The van der Waals surface area contributed by atoms with E-state index < -0.39 is 5.54 Å². The van der Waals surface area contributed by atoms with Crippen LogP contribution in [0, 0.1) is 11.7 Å². The minimum atomic E-state index is -0.710. The molecule has 1 amide bonds. The van der Waals surface area contributed by atoms with Crippen LogP contribution in [0.4, 0.5) is 10.1 Å². The van der Waals surface area contributed by atoms with Crippen molar-refractivity contribution in [1.82, 2.24) is 4.90 Å². The highest BCUT2D eigenvalue weighted by atomic mass is 19.1. The summed E-state index contributed by atoms with van der Waals surface area (Å²) in [7, 11) is 0. The van der Waals surface area contributed by atoms with Gasteiger partial charge in [0.15, 0.2) is 0 Å². The van der Waals surface area contributed by atoms with Crippen LogP contribution in [-0.2, 0) is 4.79 Å². The zero-order chi connectivity index (χ0) is 15.0. The van der Waals surface area contributed by atoms with E-state index in [-0.39, 0.29) is 11.7 Å². The number of nitrogens with two attached hydrogens (primary N) is 1. The molecule has 2 fully saturated rings. The Morgan fingerprint density at radius 3 is 2.29 bits per heavy atom. The van der Waals surface area contributed by atoms with E-state index in [9.17, 15) is 9.18 Å². The molecule has 1 unspecified atom stereocenters. The Labute approximate surface area is 124 Å².